The SMILES string of the molecule is Cc1cc(C)cc(C=C(C=O)C(C)C)c1. The van der Waals surface area contributed by atoms with Crippen molar-refractivity contribution in [2.45, 2.75) is 27.7 Å². The Balaban J connectivity index is 3.11. The molecule has 0 spiro atoms. The van der Waals surface area contributed by atoms with Gasteiger partial charge in [-0.2, -0.15) is 0 Å². The largest absolute Gasteiger partial charge is 0.298 e. The van der Waals surface area contributed by atoms with Crippen molar-refractivity contribution in [1.82, 2.24) is 0 Å². The van der Waals surface area contributed by atoms with Crippen molar-refractivity contribution in [2.24, 2.45) is 5.92 Å². The third kappa shape index (κ3) is 3.35. The van der Waals surface area contributed by atoms with E-state index in [4.69, 9.17) is 0 Å². The second-order valence-corrected chi connectivity index (χ2v) is 4.34. The Morgan fingerprint density at radius 1 is 1.13 bits per heavy atom. The van der Waals surface area contributed by atoms with Crippen LogP contribution in [0.15, 0.2) is 23.8 Å². The van der Waals surface area contributed by atoms with Crippen LogP contribution in [0.4, 0.5) is 0 Å². The fraction of sp³-hybridized carbons (Fsp3) is 0.357. The molecule has 0 aliphatic rings. The van der Waals surface area contributed by atoms with Gasteiger partial charge in [-0.15, -0.1) is 0 Å². The molecule has 0 aliphatic heterocycles. The zero-order chi connectivity index (χ0) is 11.4. The van der Waals surface area contributed by atoms with Crippen LogP contribution in [0.2, 0.25) is 0 Å². The molecule has 1 heteroatoms. The molecule has 0 saturated heterocycles. The van der Waals surface area contributed by atoms with E-state index in [0.717, 1.165) is 17.4 Å². The summed E-state index contributed by atoms with van der Waals surface area (Å²) in [6, 6.07) is 6.32. The van der Waals surface area contributed by atoms with Crippen LogP contribution in [0.1, 0.15) is 30.5 Å². The molecule has 0 heterocycles. The van der Waals surface area contributed by atoms with E-state index >= 15 is 0 Å². The quantitative estimate of drug-likeness (QED) is 0.541. The summed E-state index contributed by atoms with van der Waals surface area (Å²) in [5, 5.41) is 0. The Kier molecular flexibility index (Phi) is 3.84. The summed E-state index contributed by atoms with van der Waals surface area (Å²) in [6.45, 7) is 8.20. The number of benzene rings is 1. The summed E-state index contributed by atoms with van der Waals surface area (Å²) < 4.78 is 0. The number of aryl methyl sites for hydroxylation is 2. The van der Waals surface area contributed by atoms with Crippen LogP contribution in [0, 0.1) is 19.8 Å². The van der Waals surface area contributed by atoms with Crippen molar-refractivity contribution in [3.63, 3.8) is 0 Å². The van der Waals surface area contributed by atoms with Crippen molar-refractivity contribution in [3.8, 4) is 0 Å². The van der Waals surface area contributed by atoms with Gasteiger partial charge in [0.2, 0.25) is 0 Å². The first-order valence-corrected chi connectivity index (χ1v) is 5.28. The molecule has 0 bridgehead atoms. The molecule has 80 valence electrons. The predicted octanol–water partition coefficient (Wildman–Crippen LogP) is 3.54. The number of carbonyl (C=O) groups is 1. The summed E-state index contributed by atoms with van der Waals surface area (Å²) >= 11 is 0. The van der Waals surface area contributed by atoms with Gasteiger partial charge in [0.25, 0.3) is 0 Å². The van der Waals surface area contributed by atoms with E-state index in [1.807, 2.05) is 19.9 Å². The Morgan fingerprint density at radius 2 is 1.67 bits per heavy atom. The maximum Gasteiger partial charge on any atom is 0.146 e. The van der Waals surface area contributed by atoms with Crippen LogP contribution in [-0.4, -0.2) is 6.29 Å². The lowest BCUT2D eigenvalue weighted by molar-refractivity contribution is -0.105. The Labute approximate surface area is 91.8 Å². The van der Waals surface area contributed by atoms with Crippen LogP contribution >= 0.6 is 0 Å². The second-order valence-electron chi connectivity index (χ2n) is 4.34. The minimum Gasteiger partial charge on any atom is -0.298 e. The lowest BCUT2D eigenvalue weighted by Crippen LogP contribution is -1.95. The zero-order valence-corrected chi connectivity index (χ0v) is 9.87. The van der Waals surface area contributed by atoms with Gasteiger partial charge in [-0.1, -0.05) is 43.2 Å². The molecule has 1 aromatic rings. The molecule has 0 radical (unpaired) electrons. The minimum atomic E-state index is 0.281. The van der Waals surface area contributed by atoms with Crippen molar-refractivity contribution in [1.29, 1.82) is 0 Å². The number of hydrogen-bond acceptors (Lipinski definition) is 1. The monoisotopic (exact) mass is 202 g/mol. The van der Waals surface area contributed by atoms with E-state index in [0.29, 0.717) is 0 Å². The molecule has 1 rings (SSSR count). The summed E-state index contributed by atoms with van der Waals surface area (Å²) in [5.41, 5.74) is 4.42. The maximum atomic E-state index is 10.9. The van der Waals surface area contributed by atoms with Crippen LogP contribution in [-0.2, 0) is 4.79 Å². The van der Waals surface area contributed by atoms with Gasteiger partial charge in [-0.25, -0.2) is 0 Å². The van der Waals surface area contributed by atoms with E-state index < -0.39 is 0 Å². The smallest absolute Gasteiger partial charge is 0.146 e. The van der Waals surface area contributed by atoms with Crippen LogP contribution < -0.4 is 0 Å². The number of hydrogen-bond donors (Lipinski definition) is 0. The summed E-state index contributed by atoms with van der Waals surface area (Å²) in [5.74, 6) is 0.281. The van der Waals surface area contributed by atoms with Crippen molar-refractivity contribution in [2.75, 3.05) is 0 Å². The van der Waals surface area contributed by atoms with Gasteiger partial charge in [-0.05, 0) is 37.0 Å². The number of aldehydes is 1. The minimum absolute atomic E-state index is 0.281. The molecule has 0 N–H and O–H groups in total. The fourth-order valence-corrected chi connectivity index (χ4v) is 1.62. The van der Waals surface area contributed by atoms with Crippen molar-refractivity contribution in [3.05, 3.63) is 40.5 Å². The summed E-state index contributed by atoms with van der Waals surface area (Å²) in [4.78, 5) is 10.9. The van der Waals surface area contributed by atoms with E-state index in [9.17, 15) is 4.79 Å². The topological polar surface area (TPSA) is 17.1 Å². The van der Waals surface area contributed by atoms with Crippen molar-refractivity contribution >= 4 is 12.4 Å². The van der Waals surface area contributed by atoms with Gasteiger partial charge in [0, 0.05) is 0 Å². The molecule has 15 heavy (non-hydrogen) atoms. The fourth-order valence-electron chi connectivity index (χ4n) is 1.62. The van der Waals surface area contributed by atoms with Gasteiger partial charge in [-0.3, -0.25) is 4.79 Å². The van der Waals surface area contributed by atoms with Crippen LogP contribution in [0.3, 0.4) is 0 Å². The second kappa shape index (κ2) is 4.92. The average molecular weight is 202 g/mol. The van der Waals surface area contributed by atoms with Gasteiger partial charge in [0.1, 0.15) is 6.29 Å². The van der Waals surface area contributed by atoms with E-state index in [1.54, 1.807) is 0 Å². The summed E-state index contributed by atoms with van der Waals surface area (Å²) in [7, 11) is 0. The molecular weight excluding hydrogens is 184 g/mol. The van der Waals surface area contributed by atoms with Gasteiger partial charge in [0.05, 0.1) is 0 Å². The molecule has 1 aromatic carbocycles. The molecule has 0 unspecified atom stereocenters. The van der Waals surface area contributed by atoms with E-state index in [2.05, 4.69) is 32.0 Å². The number of rotatable bonds is 3. The Bertz CT molecular complexity index is 366. The lowest BCUT2D eigenvalue weighted by atomic mass is 10.00. The highest BCUT2D eigenvalue weighted by molar-refractivity contribution is 5.82. The zero-order valence-electron chi connectivity index (χ0n) is 9.87. The predicted molar refractivity (Wildman–Crippen MR) is 64.8 cm³/mol. The van der Waals surface area contributed by atoms with E-state index in [-0.39, 0.29) is 5.92 Å². The molecular formula is C14H18O. The molecule has 0 aromatic heterocycles. The maximum absolute atomic E-state index is 10.9. The number of carbonyl (C=O) groups excluding carboxylic acids is 1. The first-order chi connectivity index (χ1) is 7.02. The highest BCUT2D eigenvalue weighted by Gasteiger charge is 2.02. The van der Waals surface area contributed by atoms with E-state index in [1.165, 1.54) is 11.1 Å². The van der Waals surface area contributed by atoms with Gasteiger partial charge in [0.15, 0.2) is 0 Å². The molecule has 0 atom stereocenters. The third-order valence-electron chi connectivity index (χ3n) is 2.38. The first-order valence-electron chi connectivity index (χ1n) is 5.28. The standard InChI is InChI=1S/C14H18O/c1-10(2)14(9-15)8-13-6-11(3)5-12(4)7-13/h5-10H,1-4H3. The van der Waals surface area contributed by atoms with Crippen LogP contribution in [0.25, 0.3) is 6.08 Å². The average Bonchev–Trinajstić information content (AvgIpc) is 2.12. The first kappa shape index (κ1) is 11.7. The summed E-state index contributed by atoms with van der Waals surface area (Å²) in [6.07, 6.45) is 2.92. The molecule has 0 fully saturated rings. The number of allylic oxidation sites excluding steroid dienone is 1. The molecule has 0 aliphatic carbocycles. The highest BCUT2D eigenvalue weighted by atomic mass is 16.1. The molecule has 0 amide bonds. The molecule has 0 saturated carbocycles. The lowest BCUT2D eigenvalue weighted by Gasteiger charge is -2.05. The highest BCUT2D eigenvalue weighted by Crippen LogP contribution is 2.15. The van der Waals surface area contributed by atoms with Gasteiger partial charge >= 0.3 is 0 Å². The van der Waals surface area contributed by atoms with Gasteiger partial charge < -0.3 is 0 Å². The molecule has 1 nitrogen and oxygen atoms in total. The normalized spacial score (nSPS) is 11.9. The Morgan fingerprint density at radius 3 is 2.07 bits per heavy atom. The third-order valence-corrected chi connectivity index (χ3v) is 2.38. The Hall–Kier alpha value is -1.37. The van der Waals surface area contributed by atoms with Crippen molar-refractivity contribution < 1.29 is 4.79 Å². The van der Waals surface area contributed by atoms with Crippen LogP contribution in [0.5, 0.6) is 0 Å².